The first-order chi connectivity index (χ1) is 5.24. The summed E-state index contributed by atoms with van der Waals surface area (Å²) in [4.78, 5) is -0.572. The standard InChI is InChI=1S/C9H10ClN/c10-9(6-11)5-7-1-3-8(9)4-2-7/h1,3,7-8H,2,4-5H2/t7-,8-,9-/m0/s1. The van der Waals surface area contributed by atoms with Crippen LogP contribution in [0.4, 0.5) is 0 Å². The number of nitrogens with zero attached hydrogens (tertiary/aromatic N) is 1. The van der Waals surface area contributed by atoms with E-state index in [1.807, 2.05) is 0 Å². The second-order valence-electron chi connectivity index (χ2n) is 3.51. The molecule has 3 aliphatic rings. The molecular weight excluding hydrogens is 158 g/mol. The highest BCUT2D eigenvalue weighted by molar-refractivity contribution is 6.26. The highest BCUT2D eigenvalue weighted by atomic mass is 35.5. The zero-order chi connectivity index (χ0) is 7.90. The number of nitriles is 1. The molecule has 0 aliphatic heterocycles. The van der Waals surface area contributed by atoms with Gasteiger partial charge in [0.25, 0.3) is 0 Å². The molecule has 0 aromatic heterocycles. The normalized spacial score (nSPS) is 47.3. The van der Waals surface area contributed by atoms with Crippen LogP contribution in [0.1, 0.15) is 19.3 Å². The molecule has 0 aromatic carbocycles. The SMILES string of the molecule is N#C[C@@]1(Cl)C[C@H]2C=C[C@H]1CC2. The molecule has 0 aromatic rings. The predicted octanol–water partition coefficient (Wildman–Crippen LogP) is 2.47. The quantitative estimate of drug-likeness (QED) is 0.402. The second kappa shape index (κ2) is 2.25. The van der Waals surface area contributed by atoms with Gasteiger partial charge in [-0.15, -0.1) is 11.6 Å². The minimum absolute atomic E-state index is 0.305. The maximum absolute atomic E-state index is 8.86. The lowest BCUT2D eigenvalue weighted by atomic mass is 9.69. The topological polar surface area (TPSA) is 23.8 Å². The van der Waals surface area contributed by atoms with Gasteiger partial charge in [-0.3, -0.25) is 0 Å². The number of alkyl halides is 1. The molecule has 0 amide bonds. The Balaban J connectivity index is 2.32. The number of fused-ring (bicyclic) bond motifs is 2. The molecule has 0 radical (unpaired) electrons. The first-order valence-electron chi connectivity index (χ1n) is 4.03. The van der Waals surface area contributed by atoms with Crippen LogP contribution in [0.3, 0.4) is 0 Å². The van der Waals surface area contributed by atoms with Crippen molar-refractivity contribution in [3.8, 4) is 6.07 Å². The Morgan fingerprint density at radius 3 is 2.55 bits per heavy atom. The van der Waals surface area contributed by atoms with Crippen molar-refractivity contribution in [1.82, 2.24) is 0 Å². The zero-order valence-corrected chi connectivity index (χ0v) is 7.01. The summed E-state index contributed by atoms with van der Waals surface area (Å²) in [5.74, 6) is 0.872. The molecule has 0 saturated heterocycles. The Labute approximate surface area is 71.7 Å². The van der Waals surface area contributed by atoms with Gasteiger partial charge >= 0.3 is 0 Å². The van der Waals surface area contributed by atoms with Gasteiger partial charge in [0.05, 0.1) is 6.07 Å². The van der Waals surface area contributed by atoms with Gasteiger partial charge in [0.2, 0.25) is 0 Å². The molecule has 2 heteroatoms. The molecule has 1 fully saturated rings. The van der Waals surface area contributed by atoms with Crippen LogP contribution in [-0.2, 0) is 0 Å². The average Bonchev–Trinajstić information content (AvgIpc) is 2.06. The number of hydrogen-bond acceptors (Lipinski definition) is 1. The van der Waals surface area contributed by atoms with E-state index in [9.17, 15) is 0 Å². The summed E-state index contributed by atoms with van der Waals surface area (Å²) in [5, 5.41) is 8.86. The van der Waals surface area contributed by atoms with Crippen molar-refractivity contribution in [2.24, 2.45) is 11.8 Å². The Morgan fingerprint density at radius 2 is 2.27 bits per heavy atom. The molecule has 3 aliphatic carbocycles. The van der Waals surface area contributed by atoms with Crippen LogP contribution < -0.4 is 0 Å². The summed E-state index contributed by atoms with van der Waals surface area (Å²) in [6.07, 6.45) is 7.50. The number of rotatable bonds is 0. The summed E-state index contributed by atoms with van der Waals surface area (Å²) >= 11 is 6.14. The van der Waals surface area contributed by atoms with Gasteiger partial charge in [0.1, 0.15) is 4.87 Å². The van der Waals surface area contributed by atoms with E-state index in [4.69, 9.17) is 16.9 Å². The second-order valence-corrected chi connectivity index (χ2v) is 4.18. The van der Waals surface area contributed by atoms with Crippen molar-refractivity contribution in [2.75, 3.05) is 0 Å². The molecule has 3 atom stereocenters. The Hall–Kier alpha value is -0.480. The van der Waals surface area contributed by atoms with E-state index in [1.165, 1.54) is 6.42 Å². The third-order valence-electron chi connectivity index (χ3n) is 2.80. The van der Waals surface area contributed by atoms with Crippen molar-refractivity contribution in [2.45, 2.75) is 24.1 Å². The van der Waals surface area contributed by atoms with Crippen LogP contribution in [0, 0.1) is 23.2 Å². The van der Waals surface area contributed by atoms with Crippen molar-refractivity contribution in [3.63, 3.8) is 0 Å². The molecule has 0 heterocycles. The minimum atomic E-state index is -0.572. The van der Waals surface area contributed by atoms with E-state index in [0.717, 1.165) is 12.8 Å². The van der Waals surface area contributed by atoms with Crippen molar-refractivity contribution < 1.29 is 0 Å². The lowest BCUT2D eigenvalue weighted by Gasteiger charge is -2.39. The molecule has 0 unspecified atom stereocenters. The fourth-order valence-corrected chi connectivity index (χ4v) is 2.47. The van der Waals surface area contributed by atoms with Crippen LogP contribution in [-0.4, -0.2) is 4.87 Å². The van der Waals surface area contributed by atoms with E-state index in [2.05, 4.69) is 18.2 Å². The van der Waals surface area contributed by atoms with Gasteiger partial charge in [-0.2, -0.15) is 5.26 Å². The first kappa shape index (κ1) is 7.18. The fraction of sp³-hybridized carbons (Fsp3) is 0.667. The van der Waals surface area contributed by atoms with Crippen LogP contribution in [0.5, 0.6) is 0 Å². The summed E-state index contributed by atoms with van der Waals surface area (Å²) in [5.41, 5.74) is 0. The molecule has 11 heavy (non-hydrogen) atoms. The predicted molar refractivity (Wildman–Crippen MR) is 44.2 cm³/mol. The lowest BCUT2D eigenvalue weighted by Crippen LogP contribution is -2.39. The number of hydrogen-bond donors (Lipinski definition) is 0. The van der Waals surface area contributed by atoms with Gasteiger partial charge in [-0.05, 0) is 25.2 Å². The Kier molecular flexibility index (Phi) is 1.47. The van der Waals surface area contributed by atoms with E-state index < -0.39 is 4.87 Å². The van der Waals surface area contributed by atoms with Crippen LogP contribution in [0.2, 0.25) is 0 Å². The Bertz CT molecular complexity index is 240. The smallest absolute Gasteiger partial charge is 0.137 e. The van der Waals surface area contributed by atoms with Crippen LogP contribution in [0.25, 0.3) is 0 Å². The molecular formula is C9H10ClN. The van der Waals surface area contributed by atoms with Gasteiger partial charge in [-0.1, -0.05) is 12.2 Å². The molecule has 58 valence electrons. The largest absolute Gasteiger partial charge is 0.196 e. The first-order valence-corrected chi connectivity index (χ1v) is 4.41. The van der Waals surface area contributed by atoms with E-state index in [1.54, 1.807) is 0 Å². The summed E-state index contributed by atoms with van der Waals surface area (Å²) in [6.45, 7) is 0. The summed E-state index contributed by atoms with van der Waals surface area (Å²) in [6, 6.07) is 2.23. The number of halogens is 1. The van der Waals surface area contributed by atoms with Crippen LogP contribution in [0.15, 0.2) is 12.2 Å². The van der Waals surface area contributed by atoms with Gasteiger partial charge in [-0.25, -0.2) is 0 Å². The monoisotopic (exact) mass is 167 g/mol. The zero-order valence-electron chi connectivity index (χ0n) is 6.26. The Morgan fingerprint density at radius 1 is 1.45 bits per heavy atom. The van der Waals surface area contributed by atoms with E-state index >= 15 is 0 Å². The average molecular weight is 168 g/mol. The maximum atomic E-state index is 8.86. The lowest BCUT2D eigenvalue weighted by molar-refractivity contribution is 0.290. The molecule has 1 saturated carbocycles. The highest BCUT2D eigenvalue weighted by Crippen LogP contribution is 2.46. The van der Waals surface area contributed by atoms with Crippen molar-refractivity contribution >= 4 is 11.6 Å². The van der Waals surface area contributed by atoms with E-state index in [0.29, 0.717) is 11.8 Å². The van der Waals surface area contributed by atoms with Crippen LogP contribution >= 0.6 is 11.6 Å². The van der Waals surface area contributed by atoms with E-state index in [-0.39, 0.29) is 0 Å². The summed E-state index contributed by atoms with van der Waals surface area (Å²) in [7, 11) is 0. The third-order valence-corrected chi connectivity index (χ3v) is 3.32. The highest BCUT2D eigenvalue weighted by Gasteiger charge is 2.43. The molecule has 3 rings (SSSR count). The summed E-state index contributed by atoms with van der Waals surface area (Å²) < 4.78 is 0. The number of allylic oxidation sites excluding steroid dienone is 2. The molecule has 2 bridgehead atoms. The molecule has 0 N–H and O–H groups in total. The van der Waals surface area contributed by atoms with Gasteiger partial charge < -0.3 is 0 Å². The molecule has 1 nitrogen and oxygen atoms in total. The third kappa shape index (κ3) is 0.973. The fourth-order valence-electron chi connectivity index (χ4n) is 2.09. The maximum Gasteiger partial charge on any atom is 0.137 e. The van der Waals surface area contributed by atoms with Crippen molar-refractivity contribution in [3.05, 3.63) is 12.2 Å². The van der Waals surface area contributed by atoms with Gasteiger partial charge in [0.15, 0.2) is 0 Å². The molecule has 0 spiro atoms. The van der Waals surface area contributed by atoms with Gasteiger partial charge in [0, 0.05) is 5.92 Å². The minimum Gasteiger partial charge on any atom is -0.196 e. The van der Waals surface area contributed by atoms with Crippen molar-refractivity contribution in [1.29, 1.82) is 5.26 Å².